The van der Waals surface area contributed by atoms with E-state index in [1.165, 1.54) is 6.08 Å². The molecule has 194 valence electrons. The van der Waals surface area contributed by atoms with Gasteiger partial charge in [0.15, 0.2) is 0 Å². The summed E-state index contributed by atoms with van der Waals surface area (Å²) in [5, 5.41) is 8.32. The second kappa shape index (κ2) is 12.1. The van der Waals surface area contributed by atoms with E-state index in [1.807, 2.05) is 56.3 Å². The lowest BCUT2D eigenvalue weighted by molar-refractivity contribution is -0.149. The van der Waals surface area contributed by atoms with Crippen LogP contribution in [-0.2, 0) is 20.9 Å². The Hall–Kier alpha value is -3.87. The van der Waals surface area contributed by atoms with E-state index in [9.17, 15) is 9.59 Å². The third kappa shape index (κ3) is 6.71. The minimum atomic E-state index is -1.14. The van der Waals surface area contributed by atoms with Crippen molar-refractivity contribution in [3.63, 3.8) is 0 Å². The fourth-order valence-electron chi connectivity index (χ4n) is 4.11. The Labute approximate surface area is 231 Å². The van der Waals surface area contributed by atoms with E-state index in [2.05, 4.69) is 10.4 Å². The van der Waals surface area contributed by atoms with Gasteiger partial charge in [0.2, 0.25) is 6.10 Å². The second-order valence-corrected chi connectivity index (χ2v) is 9.73. The van der Waals surface area contributed by atoms with Crippen LogP contribution in [0.25, 0.3) is 6.08 Å². The molecule has 1 aromatic heterocycles. The first-order valence-corrected chi connectivity index (χ1v) is 12.8. The molecule has 0 saturated carbocycles. The van der Waals surface area contributed by atoms with Gasteiger partial charge in [-0.2, -0.15) is 5.10 Å². The van der Waals surface area contributed by atoms with Crippen LogP contribution in [0.4, 0.5) is 5.69 Å². The fraction of sp³-hybridized carbons (Fsp3) is 0.167. The van der Waals surface area contributed by atoms with Gasteiger partial charge < -0.3 is 10.1 Å². The molecule has 1 amide bonds. The van der Waals surface area contributed by atoms with Gasteiger partial charge in [0.1, 0.15) is 5.15 Å². The van der Waals surface area contributed by atoms with E-state index in [4.69, 9.17) is 27.9 Å². The lowest BCUT2D eigenvalue weighted by Crippen LogP contribution is -2.25. The predicted molar refractivity (Wildman–Crippen MR) is 151 cm³/mol. The Bertz CT molecular complexity index is 1480. The molecule has 4 aromatic rings. The van der Waals surface area contributed by atoms with Crippen molar-refractivity contribution in [3.05, 3.63) is 123 Å². The number of aromatic nitrogens is 2. The number of aryl methyl sites for hydroxylation is 3. The summed E-state index contributed by atoms with van der Waals surface area (Å²) in [6.07, 6.45) is 1.64. The average molecular weight is 548 g/mol. The number of nitrogens with one attached hydrogen (secondary N) is 1. The van der Waals surface area contributed by atoms with Crippen molar-refractivity contribution in [1.82, 2.24) is 9.78 Å². The van der Waals surface area contributed by atoms with Gasteiger partial charge in [-0.05, 0) is 61.7 Å². The van der Waals surface area contributed by atoms with Gasteiger partial charge in [-0.15, -0.1) is 0 Å². The molecule has 0 bridgehead atoms. The fourth-order valence-corrected chi connectivity index (χ4v) is 4.60. The van der Waals surface area contributed by atoms with Gasteiger partial charge >= 0.3 is 5.97 Å². The third-order valence-electron chi connectivity index (χ3n) is 5.84. The zero-order valence-corrected chi connectivity index (χ0v) is 22.8. The number of rotatable bonds is 8. The standard InChI is InChI=1S/C30H27Cl2N3O3/c1-19-15-20(2)17-24(16-19)33-30(37)28(22-9-5-4-6-10-22)38-27(36)14-13-25-21(3)34-35(29(25)32)18-23-11-7-8-12-26(23)31/h4-17,28H,18H2,1-3H3,(H,33,37)/b14-13+/t28-/m1/s1. The summed E-state index contributed by atoms with van der Waals surface area (Å²) >= 11 is 12.8. The van der Waals surface area contributed by atoms with Crippen LogP contribution in [0, 0.1) is 20.8 Å². The molecular formula is C30H27Cl2N3O3. The van der Waals surface area contributed by atoms with Crippen molar-refractivity contribution >= 4 is 46.8 Å². The highest BCUT2D eigenvalue weighted by molar-refractivity contribution is 6.32. The van der Waals surface area contributed by atoms with Crippen LogP contribution in [0.1, 0.15) is 39.6 Å². The smallest absolute Gasteiger partial charge is 0.331 e. The summed E-state index contributed by atoms with van der Waals surface area (Å²) < 4.78 is 7.24. The predicted octanol–water partition coefficient (Wildman–Crippen LogP) is 7.10. The maximum Gasteiger partial charge on any atom is 0.331 e. The monoisotopic (exact) mass is 547 g/mol. The Morgan fingerprint density at radius 2 is 1.63 bits per heavy atom. The number of anilines is 1. The van der Waals surface area contributed by atoms with E-state index in [0.717, 1.165) is 16.7 Å². The molecule has 1 N–H and O–H groups in total. The van der Waals surface area contributed by atoms with E-state index >= 15 is 0 Å². The van der Waals surface area contributed by atoms with Crippen LogP contribution in [0.5, 0.6) is 0 Å². The van der Waals surface area contributed by atoms with Crippen LogP contribution in [0.2, 0.25) is 10.2 Å². The molecule has 0 aliphatic rings. The molecule has 3 aromatic carbocycles. The number of hydrogen-bond donors (Lipinski definition) is 1. The summed E-state index contributed by atoms with van der Waals surface area (Å²) in [6, 6.07) is 22.1. The summed E-state index contributed by atoms with van der Waals surface area (Å²) in [4.78, 5) is 26.1. The highest BCUT2D eigenvalue weighted by Gasteiger charge is 2.25. The van der Waals surface area contributed by atoms with Crippen LogP contribution >= 0.6 is 23.2 Å². The first-order chi connectivity index (χ1) is 18.2. The Morgan fingerprint density at radius 1 is 0.974 bits per heavy atom. The summed E-state index contributed by atoms with van der Waals surface area (Å²) in [5.74, 6) is -1.14. The number of hydrogen-bond acceptors (Lipinski definition) is 4. The molecule has 0 fully saturated rings. The molecule has 6 nitrogen and oxygen atoms in total. The molecule has 1 heterocycles. The molecule has 0 saturated heterocycles. The maximum absolute atomic E-state index is 13.2. The topological polar surface area (TPSA) is 73.2 Å². The van der Waals surface area contributed by atoms with Crippen molar-refractivity contribution < 1.29 is 14.3 Å². The zero-order chi connectivity index (χ0) is 27.2. The Kier molecular flexibility index (Phi) is 8.66. The lowest BCUT2D eigenvalue weighted by atomic mass is 10.1. The number of esters is 1. The van der Waals surface area contributed by atoms with E-state index < -0.39 is 18.0 Å². The second-order valence-electron chi connectivity index (χ2n) is 8.97. The third-order valence-corrected chi connectivity index (χ3v) is 6.60. The highest BCUT2D eigenvalue weighted by atomic mass is 35.5. The van der Waals surface area contributed by atoms with Gasteiger partial charge in [0, 0.05) is 27.9 Å². The van der Waals surface area contributed by atoms with Gasteiger partial charge in [-0.3, -0.25) is 4.79 Å². The number of carbonyl (C=O) groups is 2. The van der Waals surface area contributed by atoms with Gasteiger partial charge in [-0.1, -0.05) is 77.8 Å². The lowest BCUT2D eigenvalue weighted by Gasteiger charge is -2.18. The van der Waals surface area contributed by atoms with Crippen LogP contribution in [0.3, 0.4) is 0 Å². The van der Waals surface area contributed by atoms with Crippen LogP contribution in [0.15, 0.2) is 78.9 Å². The summed E-state index contributed by atoms with van der Waals surface area (Å²) in [5.41, 5.74) is 5.29. The van der Waals surface area contributed by atoms with Gasteiger partial charge in [0.25, 0.3) is 5.91 Å². The first kappa shape index (κ1) is 27.2. The maximum atomic E-state index is 13.2. The molecule has 0 spiro atoms. The quantitative estimate of drug-likeness (QED) is 0.188. The average Bonchev–Trinajstić information content (AvgIpc) is 3.14. The number of carbonyl (C=O) groups excluding carboxylic acids is 2. The van der Waals surface area contributed by atoms with Crippen molar-refractivity contribution in [3.8, 4) is 0 Å². The molecule has 0 aliphatic carbocycles. The molecule has 0 aliphatic heterocycles. The zero-order valence-electron chi connectivity index (χ0n) is 21.2. The number of amides is 1. The minimum Gasteiger partial charge on any atom is -0.444 e. The summed E-state index contributed by atoms with van der Waals surface area (Å²) in [6.45, 7) is 6.08. The SMILES string of the molecule is Cc1cc(C)cc(NC(=O)[C@H](OC(=O)/C=C/c2c(C)nn(Cc3ccccc3Cl)c2Cl)c2ccccc2)c1. The first-order valence-electron chi connectivity index (χ1n) is 12.0. The van der Waals surface area contributed by atoms with Gasteiger partial charge in [0.05, 0.1) is 12.2 Å². The molecule has 4 rings (SSSR count). The Balaban J connectivity index is 1.52. The summed E-state index contributed by atoms with van der Waals surface area (Å²) in [7, 11) is 0. The molecule has 1 atom stereocenters. The van der Waals surface area contributed by atoms with E-state index in [0.29, 0.717) is 39.2 Å². The minimum absolute atomic E-state index is 0.360. The van der Waals surface area contributed by atoms with Crippen molar-refractivity contribution in [2.45, 2.75) is 33.4 Å². The van der Waals surface area contributed by atoms with E-state index in [-0.39, 0.29) is 0 Å². The Morgan fingerprint density at radius 3 is 2.32 bits per heavy atom. The largest absolute Gasteiger partial charge is 0.444 e. The van der Waals surface area contributed by atoms with Gasteiger partial charge in [-0.25, -0.2) is 9.48 Å². The number of ether oxygens (including phenoxy) is 1. The number of nitrogens with zero attached hydrogens (tertiary/aromatic N) is 2. The van der Waals surface area contributed by atoms with Crippen molar-refractivity contribution in [2.75, 3.05) is 5.32 Å². The van der Waals surface area contributed by atoms with Crippen LogP contribution < -0.4 is 5.32 Å². The molecule has 0 radical (unpaired) electrons. The molecule has 0 unspecified atom stereocenters. The molecular weight excluding hydrogens is 521 g/mol. The number of benzene rings is 3. The van der Waals surface area contributed by atoms with Crippen molar-refractivity contribution in [1.29, 1.82) is 0 Å². The van der Waals surface area contributed by atoms with E-state index in [1.54, 1.807) is 48.0 Å². The van der Waals surface area contributed by atoms with Crippen molar-refractivity contribution in [2.24, 2.45) is 0 Å². The van der Waals surface area contributed by atoms with Crippen LogP contribution in [-0.4, -0.2) is 21.7 Å². The molecule has 8 heteroatoms. The molecule has 38 heavy (non-hydrogen) atoms. The normalized spacial score (nSPS) is 11.9. The highest BCUT2D eigenvalue weighted by Crippen LogP contribution is 2.25. The number of halogens is 2.